The van der Waals surface area contributed by atoms with Crippen molar-refractivity contribution in [3.63, 3.8) is 0 Å². The second kappa shape index (κ2) is 7.00. The van der Waals surface area contributed by atoms with Crippen molar-refractivity contribution in [1.29, 1.82) is 0 Å². The molecule has 0 radical (unpaired) electrons. The number of allylic oxidation sites excluding steroid dienone is 2. The molecule has 5 rings (SSSR count). The van der Waals surface area contributed by atoms with Crippen LogP contribution < -0.4 is 0 Å². The van der Waals surface area contributed by atoms with Crippen LogP contribution in [0.4, 0.5) is 0 Å². The average Bonchev–Trinajstić information content (AvgIpc) is 3.10. The first-order chi connectivity index (χ1) is 14.0. The average molecular weight is 387 g/mol. The molecule has 154 valence electrons. The third-order valence-electron chi connectivity index (χ3n) is 9.97. The van der Waals surface area contributed by atoms with Crippen LogP contribution in [-0.4, -0.2) is 0 Å². The summed E-state index contributed by atoms with van der Waals surface area (Å²) in [7, 11) is 0. The van der Waals surface area contributed by atoms with Gasteiger partial charge in [-0.15, -0.1) is 0 Å². The molecule has 0 heterocycles. The van der Waals surface area contributed by atoms with Gasteiger partial charge in [-0.3, -0.25) is 0 Å². The molecule has 0 heteroatoms. The lowest BCUT2D eigenvalue weighted by atomic mass is 9.43. The van der Waals surface area contributed by atoms with E-state index in [9.17, 15) is 0 Å². The maximum atomic E-state index is 4.04. The van der Waals surface area contributed by atoms with Crippen LogP contribution in [0.3, 0.4) is 0 Å². The molecule has 0 spiro atoms. The second-order valence-corrected chi connectivity index (χ2v) is 11.0. The Balaban J connectivity index is 1.47. The van der Waals surface area contributed by atoms with Crippen molar-refractivity contribution in [3.8, 4) is 0 Å². The molecule has 0 amide bonds. The lowest BCUT2D eigenvalue weighted by Gasteiger charge is -2.61. The van der Waals surface area contributed by atoms with Crippen molar-refractivity contribution in [3.05, 3.63) is 54.1 Å². The summed E-state index contributed by atoms with van der Waals surface area (Å²) in [6.45, 7) is 13.3. The number of benzene rings is 1. The maximum absolute atomic E-state index is 4.04. The summed E-state index contributed by atoms with van der Waals surface area (Å²) >= 11 is 0. The van der Waals surface area contributed by atoms with E-state index in [1.54, 1.807) is 5.57 Å². The van der Waals surface area contributed by atoms with Crippen LogP contribution in [0.5, 0.6) is 0 Å². The van der Waals surface area contributed by atoms with E-state index in [1.165, 1.54) is 74.5 Å². The van der Waals surface area contributed by atoms with E-state index in [0.29, 0.717) is 10.8 Å². The Labute approximate surface area is 178 Å². The Kier molecular flexibility index (Phi) is 4.68. The van der Waals surface area contributed by atoms with Crippen LogP contribution >= 0.6 is 0 Å². The third-order valence-corrected chi connectivity index (χ3v) is 9.97. The maximum Gasteiger partial charge on any atom is -0.00383 e. The Bertz CT molecular complexity index is 857. The quantitative estimate of drug-likeness (QED) is 0.489. The molecule has 0 N–H and O–H groups in total. The summed E-state index contributed by atoms with van der Waals surface area (Å²) in [5, 5.41) is 0. The Morgan fingerprint density at radius 3 is 2.45 bits per heavy atom. The summed E-state index contributed by atoms with van der Waals surface area (Å²) in [6, 6.07) is 6.92. The van der Waals surface area contributed by atoms with Crippen LogP contribution in [-0.2, 0) is 0 Å². The fourth-order valence-corrected chi connectivity index (χ4v) is 8.40. The minimum Gasteiger partial charge on any atom is -0.0984 e. The minimum absolute atomic E-state index is 0.347. The second-order valence-electron chi connectivity index (χ2n) is 11.0. The van der Waals surface area contributed by atoms with Gasteiger partial charge in [-0.25, -0.2) is 0 Å². The molecule has 4 aliphatic carbocycles. The zero-order valence-electron chi connectivity index (χ0n) is 18.6. The largest absolute Gasteiger partial charge is 0.0984 e. The molecule has 3 fully saturated rings. The van der Waals surface area contributed by atoms with Gasteiger partial charge in [0.2, 0.25) is 0 Å². The first kappa shape index (κ1) is 19.4. The van der Waals surface area contributed by atoms with Crippen LogP contribution in [0.25, 0.3) is 17.7 Å². The Morgan fingerprint density at radius 2 is 1.66 bits per heavy atom. The SMILES string of the molecule is C=Cc1ccc(C2=CCC3C4CCC5CCCCC5C4(C)CCC23C)cc1C=C. The van der Waals surface area contributed by atoms with Crippen LogP contribution in [0.15, 0.2) is 37.4 Å². The number of hydrogen-bond donors (Lipinski definition) is 0. The van der Waals surface area contributed by atoms with E-state index in [1.807, 2.05) is 12.2 Å². The van der Waals surface area contributed by atoms with Gasteiger partial charge in [-0.2, -0.15) is 0 Å². The van der Waals surface area contributed by atoms with Crippen LogP contribution in [0.2, 0.25) is 0 Å². The van der Waals surface area contributed by atoms with Gasteiger partial charge >= 0.3 is 0 Å². The normalized spacial score (nSPS) is 41.0. The molecule has 0 bridgehead atoms. The van der Waals surface area contributed by atoms with Crippen molar-refractivity contribution in [1.82, 2.24) is 0 Å². The summed E-state index contributed by atoms with van der Waals surface area (Å²) in [5.41, 5.74) is 6.39. The highest BCUT2D eigenvalue weighted by molar-refractivity contribution is 5.77. The lowest BCUT2D eigenvalue weighted by molar-refractivity contribution is -0.106. The van der Waals surface area contributed by atoms with Crippen molar-refractivity contribution in [2.24, 2.45) is 34.5 Å². The zero-order chi connectivity index (χ0) is 20.2. The van der Waals surface area contributed by atoms with Crippen LogP contribution in [0, 0.1) is 34.5 Å². The van der Waals surface area contributed by atoms with Crippen molar-refractivity contribution >= 4 is 17.7 Å². The minimum atomic E-state index is 0.347. The van der Waals surface area contributed by atoms with Crippen LogP contribution in [0.1, 0.15) is 88.3 Å². The molecule has 3 saturated carbocycles. The summed E-state index contributed by atoms with van der Waals surface area (Å²) in [6.07, 6.45) is 19.6. The van der Waals surface area contributed by atoms with Gasteiger partial charge in [-0.05, 0) is 101 Å². The van der Waals surface area contributed by atoms with Gasteiger partial charge in [0.15, 0.2) is 0 Å². The molecule has 29 heavy (non-hydrogen) atoms. The third kappa shape index (κ3) is 2.77. The molecule has 1 aromatic carbocycles. The highest BCUT2D eigenvalue weighted by atomic mass is 14.6. The van der Waals surface area contributed by atoms with E-state index in [-0.39, 0.29) is 0 Å². The molecule has 0 aliphatic heterocycles. The topological polar surface area (TPSA) is 0 Å². The molecular weight excluding hydrogens is 348 g/mol. The Morgan fingerprint density at radius 1 is 0.862 bits per heavy atom. The van der Waals surface area contributed by atoms with E-state index in [0.717, 1.165) is 23.7 Å². The predicted octanol–water partition coefficient (Wildman–Crippen LogP) is 8.40. The van der Waals surface area contributed by atoms with Gasteiger partial charge in [-0.1, -0.05) is 76.6 Å². The van der Waals surface area contributed by atoms with Crippen molar-refractivity contribution in [2.75, 3.05) is 0 Å². The van der Waals surface area contributed by atoms with E-state index >= 15 is 0 Å². The molecule has 6 unspecified atom stereocenters. The fraction of sp³-hybridized carbons (Fsp3) is 0.586. The van der Waals surface area contributed by atoms with Gasteiger partial charge in [0.1, 0.15) is 0 Å². The highest BCUT2D eigenvalue weighted by Crippen LogP contribution is 2.68. The number of hydrogen-bond acceptors (Lipinski definition) is 0. The molecule has 1 aromatic rings. The Hall–Kier alpha value is -1.56. The molecule has 0 aromatic heterocycles. The van der Waals surface area contributed by atoms with E-state index < -0.39 is 0 Å². The first-order valence-electron chi connectivity index (χ1n) is 12.1. The summed E-state index contributed by atoms with van der Waals surface area (Å²) in [4.78, 5) is 0. The molecule has 4 aliphatic rings. The van der Waals surface area contributed by atoms with E-state index in [2.05, 4.69) is 51.3 Å². The van der Waals surface area contributed by atoms with Gasteiger partial charge in [0, 0.05) is 0 Å². The molecule has 6 atom stereocenters. The summed E-state index contributed by atoms with van der Waals surface area (Å²) < 4.78 is 0. The molecule has 0 saturated heterocycles. The van der Waals surface area contributed by atoms with Crippen molar-refractivity contribution in [2.45, 2.75) is 71.6 Å². The highest BCUT2D eigenvalue weighted by Gasteiger charge is 2.59. The fourth-order valence-electron chi connectivity index (χ4n) is 8.40. The van der Waals surface area contributed by atoms with Gasteiger partial charge in [0.05, 0.1) is 0 Å². The number of rotatable bonds is 3. The standard InChI is InChI=1S/C29H38/c1-5-20-11-12-23(19-21(20)6-2)25-15-16-27-26-14-13-22-9-7-8-10-24(22)28(26,3)17-18-29(25,27)4/h5-6,11-12,15,19,22,24,26-27H,1-2,7-10,13-14,16-18H2,3-4H3. The lowest BCUT2D eigenvalue weighted by Crippen LogP contribution is -2.53. The molecular formula is C29H38. The van der Waals surface area contributed by atoms with E-state index in [4.69, 9.17) is 0 Å². The van der Waals surface area contributed by atoms with Crippen molar-refractivity contribution < 1.29 is 0 Å². The zero-order valence-corrected chi connectivity index (χ0v) is 18.6. The predicted molar refractivity (Wildman–Crippen MR) is 126 cm³/mol. The smallest absolute Gasteiger partial charge is 0.00383 e. The summed E-state index contributed by atoms with van der Waals surface area (Å²) in [5.74, 6) is 3.79. The monoisotopic (exact) mass is 386 g/mol. The van der Waals surface area contributed by atoms with Gasteiger partial charge in [0.25, 0.3) is 0 Å². The molecule has 0 nitrogen and oxygen atoms in total. The van der Waals surface area contributed by atoms with Gasteiger partial charge < -0.3 is 0 Å². The first-order valence-corrected chi connectivity index (χ1v) is 12.1. The number of fused-ring (bicyclic) bond motifs is 5.